The molecule has 1 heterocycles. The highest BCUT2D eigenvalue weighted by Gasteiger charge is 2.21. The van der Waals surface area contributed by atoms with E-state index in [0.29, 0.717) is 11.5 Å². The van der Waals surface area contributed by atoms with Crippen molar-refractivity contribution in [2.75, 3.05) is 17.1 Å². The largest absolute Gasteiger partial charge is 0.345 e. The van der Waals surface area contributed by atoms with Crippen LogP contribution in [0.3, 0.4) is 0 Å². The van der Waals surface area contributed by atoms with E-state index in [9.17, 15) is 13.2 Å². The summed E-state index contributed by atoms with van der Waals surface area (Å²) in [5.74, 6) is 0.178. The van der Waals surface area contributed by atoms with Crippen molar-refractivity contribution in [3.63, 3.8) is 0 Å². The van der Waals surface area contributed by atoms with Gasteiger partial charge in [0.15, 0.2) is 0 Å². The highest BCUT2D eigenvalue weighted by Crippen LogP contribution is 2.18. The Kier molecular flexibility index (Phi) is 5.97. The van der Waals surface area contributed by atoms with Crippen LogP contribution in [-0.2, 0) is 21.4 Å². The Morgan fingerprint density at radius 1 is 1.10 bits per heavy atom. The molecule has 1 amide bonds. The molecule has 0 aliphatic carbocycles. The Balaban J connectivity index is 1.65. The van der Waals surface area contributed by atoms with E-state index in [2.05, 4.69) is 15.5 Å². The first-order valence-corrected chi connectivity index (χ1v) is 10.8. The molecular formula is C20H22N4O4S. The number of aryl methyl sites for hydroxylation is 2. The summed E-state index contributed by atoms with van der Waals surface area (Å²) in [6.07, 6.45) is 1.06. The topological polar surface area (TPSA) is 105 Å². The molecule has 152 valence electrons. The third kappa shape index (κ3) is 5.41. The minimum absolute atomic E-state index is 0.00312. The molecule has 9 heteroatoms. The van der Waals surface area contributed by atoms with Gasteiger partial charge in [-0.25, -0.2) is 8.42 Å². The smallest absolute Gasteiger partial charge is 0.246 e. The number of aromatic nitrogens is 2. The Labute approximate surface area is 169 Å². The number of anilines is 1. The first-order valence-electron chi connectivity index (χ1n) is 8.93. The van der Waals surface area contributed by atoms with Crippen LogP contribution < -0.4 is 9.62 Å². The van der Waals surface area contributed by atoms with Gasteiger partial charge in [0.2, 0.25) is 27.6 Å². The Morgan fingerprint density at radius 2 is 1.83 bits per heavy atom. The normalized spacial score (nSPS) is 11.3. The molecule has 0 saturated carbocycles. The average molecular weight is 414 g/mol. The van der Waals surface area contributed by atoms with E-state index in [0.717, 1.165) is 27.3 Å². The zero-order valence-corrected chi connectivity index (χ0v) is 17.2. The molecule has 0 spiro atoms. The molecular weight excluding hydrogens is 392 g/mol. The second-order valence-corrected chi connectivity index (χ2v) is 8.67. The highest BCUT2D eigenvalue weighted by molar-refractivity contribution is 7.92. The quantitative estimate of drug-likeness (QED) is 0.637. The molecule has 3 aromatic rings. The molecule has 8 nitrogen and oxygen atoms in total. The van der Waals surface area contributed by atoms with Crippen molar-refractivity contribution in [3.8, 4) is 11.4 Å². The molecule has 0 aliphatic rings. The molecule has 0 saturated heterocycles. The fourth-order valence-corrected chi connectivity index (χ4v) is 3.56. The van der Waals surface area contributed by atoms with E-state index < -0.39 is 15.9 Å². The van der Waals surface area contributed by atoms with Crippen molar-refractivity contribution < 1.29 is 17.7 Å². The maximum Gasteiger partial charge on any atom is 0.246 e. The zero-order valence-electron chi connectivity index (χ0n) is 16.4. The van der Waals surface area contributed by atoms with Crippen molar-refractivity contribution in [1.82, 2.24) is 15.5 Å². The van der Waals surface area contributed by atoms with Gasteiger partial charge in [-0.2, -0.15) is 4.98 Å². The van der Waals surface area contributed by atoms with E-state index in [1.165, 1.54) is 0 Å². The molecule has 1 aromatic heterocycles. The number of benzene rings is 2. The number of nitrogens with one attached hydrogen (secondary N) is 1. The average Bonchev–Trinajstić information content (AvgIpc) is 3.14. The third-order valence-electron chi connectivity index (χ3n) is 4.19. The minimum Gasteiger partial charge on any atom is -0.345 e. The Morgan fingerprint density at radius 3 is 2.48 bits per heavy atom. The zero-order chi connectivity index (χ0) is 21.0. The lowest BCUT2D eigenvalue weighted by Gasteiger charge is -2.21. The standard InChI is InChI=1S/C20H22N4O4S/c1-14-7-9-17(10-8-14)24(29(3,26)27)13-18(25)21-12-19-22-20(23-28-19)16-6-4-5-15(2)11-16/h4-11H,12-13H2,1-3H3,(H,21,25). The monoisotopic (exact) mass is 414 g/mol. The second-order valence-electron chi connectivity index (χ2n) is 6.76. The molecule has 0 fully saturated rings. The number of sulfonamides is 1. The van der Waals surface area contributed by atoms with Crippen LogP contribution in [0.2, 0.25) is 0 Å². The molecule has 0 unspecified atom stereocenters. The van der Waals surface area contributed by atoms with Crippen molar-refractivity contribution in [3.05, 3.63) is 65.5 Å². The van der Waals surface area contributed by atoms with Crippen molar-refractivity contribution >= 4 is 21.6 Å². The van der Waals surface area contributed by atoms with Gasteiger partial charge in [0.05, 0.1) is 18.5 Å². The highest BCUT2D eigenvalue weighted by atomic mass is 32.2. The number of amides is 1. The van der Waals surface area contributed by atoms with E-state index >= 15 is 0 Å². The molecule has 3 rings (SSSR count). The van der Waals surface area contributed by atoms with Gasteiger partial charge in [-0.15, -0.1) is 0 Å². The SMILES string of the molecule is Cc1ccc(N(CC(=O)NCc2nc(-c3cccc(C)c3)no2)S(C)(=O)=O)cc1. The molecule has 0 aliphatic heterocycles. The van der Waals surface area contributed by atoms with Crippen LogP contribution in [0.15, 0.2) is 53.1 Å². The molecule has 0 bridgehead atoms. The van der Waals surface area contributed by atoms with Gasteiger partial charge < -0.3 is 9.84 Å². The summed E-state index contributed by atoms with van der Waals surface area (Å²) in [5.41, 5.74) is 3.30. The van der Waals surface area contributed by atoms with Gasteiger partial charge in [-0.3, -0.25) is 9.10 Å². The number of nitrogens with zero attached hydrogens (tertiary/aromatic N) is 3. The Bertz CT molecular complexity index is 1110. The molecule has 1 N–H and O–H groups in total. The van der Waals surface area contributed by atoms with Crippen LogP contribution in [-0.4, -0.2) is 37.3 Å². The molecule has 29 heavy (non-hydrogen) atoms. The first kappa shape index (κ1) is 20.5. The van der Waals surface area contributed by atoms with Gasteiger partial charge in [-0.1, -0.05) is 46.6 Å². The minimum atomic E-state index is -3.62. The van der Waals surface area contributed by atoms with Crippen LogP contribution in [0.4, 0.5) is 5.69 Å². The lowest BCUT2D eigenvalue weighted by atomic mass is 10.1. The van der Waals surface area contributed by atoms with Gasteiger partial charge in [-0.05, 0) is 32.0 Å². The summed E-state index contributed by atoms with van der Waals surface area (Å²) < 4.78 is 30.5. The number of rotatable bonds is 7. The summed E-state index contributed by atoms with van der Waals surface area (Å²) in [7, 11) is -3.62. The van der Waals surface area contributed by atoms with E-state index in [1.54, 1.807) is 24.3 Å². The summed E-state index contributed by atoms with van der Waals surface area (Å²) >= 11 is 0. The first-order chi connectivity index (χ1) is 13.7. The third-order valence-corrected chi connectivity index (χ3v) is 5.33. The predicted molar refractivity (Wildman–Crippen MR) is 110 cm³/mol. The number of hydrogen-bond acceptors (Lipinski definition) is 6. The van der Waals surface area contributed by atoms with Crippen LogP contribution >= 0.6 is 0 Å². The summed E-state index contributed by atoms with van der Waals surface area (Å²) in [5, 5.41) is 6.54. The van der Waals surface area contributed by atoms with Crippen LogP contribution in [0.5, 0.6) is 0 Å². The summed E-state index contributed by atoms with van der Waals surface area (Å²) in [6.45, 7) is 3.52. The maximum absolute atomic E-state index is 12.3. The van der Waals surface area contributed by atoms with Gasteiger partial charge in [0.25, 0.3) is 0 Å². The fraction of sp³-hybridized carbons (Fsp3) is 0.250. The maximum atomic E-state index is 12.3. The number of carbonyl (C=O) groups excluding carboxylic acids is 1. The van der Waals surface area contributed by atoms with E-state index in [-0.39, 0.29) is 19.0 Å². The van der Waals surface area contributed by atoms with Crippen LogP contribution in [0.25, 0.3) is 11.4 Å². The van der Waals surface area contributed by atoms with Crippen molar-refractivity contribution in [2.24, 2.45) is 0 Å². The van der Waals surface area contributed by atoms with Gasteiger partial charge >= 0.3 is 0 Å². The second kappa shape index (κ2) is 8.44. The van der Waals surface area contributed by atoms with Gasteiger partial charge in [0.1, 0.15) is 6.54 Å². The van der Waals surface area contributed by atoms with Crippen molar-refractivity contribution in [1.29, 1.82) is 0 Å². The van der Waals surface area contributed by atoms with Gasteiger partial charge in [0, 0.05) is 5.56 Å². The van der Waals surface area contributed by atoms with E-state index in [4.69, 9.17) is 4.52 Å². The van der Waals surface area contributed by atoms with E-state index in [1.807, 2.05) is 38.1 Å². The molecule has 0 atom stereocenters. The van der Waals surface area contributed by atoms with Crippen LogP contribution in [0.1, 0.15) is 17.0 Å². The molecule has 2 aromatic carbocycles. The van der Waals surface area contributed by atoms with Crippen LogP contribution in [0, 0.1) is 13.8 Å². The Hall–Kier alpha value is -3.20. The summed E-state index contributed by atoms with van der Waals surface area (Å²) in [4.78, 5) is 16.6. The number of hydrogen-bond donors (Lipinski definition) is 1. The summed E-state index contributed by atoms with van der Waals surface area (Å²) in [6, 6.07) is 14.6. The number of carbonyl (C=O) groups is 1. The van der Waals surface area contributed by atoms with Crippen molar-refractivity contribution in [2.45, 2.75) is 20.4 Å². The lowest BCUT2D eigenvalue weighted by molar-refractivity contribution is -0.119. The predicted octanol–water partition coefficient (Wildman–Crippen LogP) is 2.44. The fourth-order valence-electron chi connectivity index (χ4n) is 2.70. The lowest BCUT2D eigenvalue weighted by Crippen LogP contribution is -2.40. The molecule has 0 radical (unpaired) electrons.